The molecule has 24 heavy (non-hydrogen) atoms. The van der Waals surface area contributed by atoms with Crippen LogP contribution in [0.1, 0.15) is 24.0 Å². The topological polar surface area (TPSA) is 50.7 Å². The third-order valence-corrected chi connectivity index (χ3v) is 4.64. The van der Waals surface area contributed by atoms with E-state index in [9.17, 15) is 5.11 Å². The average Bonchev–Trinajstić information content (AvgIpc) is 3.43. The van der Waals surface area contributed by atoms with Crippen LogP contribution in [0.4, 0.5) is 0 Å². The van der Waals surface area contributed by atoms with Gasteiger partial charge >= 0.3 is 0 Å². The van der Waals surface area contributed by atoms with E-state index in [1.165, 1.54) is 0 Å². The van der Waals surface area contributed by atoms with Gasteiger partial charge in [-0.3, -0.25) is 0 Å². The summed E-state index contributed by atoms with van der Waals surface area (Å²) >= 11 is 0. The molecule has 0 bridgehead atoms. The normalized spacial score (nSPS) is 16.6. The molecule has 1 saturated carbocycles. The molecule has 0 aliphatic heterocycles. The fourth-order valence-electron chi connectivity index (χ4n) is 2.92. The highest BCUT2D eigenvalue weighted by Gasteiger charge is 2.50. The zero-order chi connectivity index (χ0) is 16.8. The van der Waals surface area contributed by atoms with E-state index in [4.69, 9.17) is 9.47 Å². The molecular formula is C20H25NO3. The molecule has 2 N–H and O–H groups in total. The van der Waals surface area contributed by atoms with Crippen LogP contribution in [0.15, 0.2) is 54.6 Å². The summed E-state index contributed by atoms with van der Waals surface area (Å²) in [5, 5.41) is 13.2. The lowest BCUT2D eigenvalue weighted by Crippen LogP contribution is -2.45. The summed E-state index contributed by atoms with van der Waals surface area (Å²) in [5.41, 5.74) is 2.08. The molecule has 2 aromatic rings. The van der Waals surface area contributed by atoms with Gasteiger partial charge in [0, 0.05) is 6.54 Å². The van der Waals surface area contributed by atoms with Crippen LogP contribution in [0.3, 0.4) is 0 Å². The summed E-state index contributed by atoms with van der Waals surface area (Å²) < 4.78 is 11.3. The van der Waals surface area contributed by atoms with Gasteiger partial charge in [-0.15, -0.1) is 0 Å². The smallest absolute Gasteiger partial charge is 0.118 e. The molecule has 1 fully saturated rings. The Balaban J connectivity index is 1.54. The van der Waals surface area contributed by atoms with Crippen LogP contribution in [0.25, 0.3) is 0 Å². The number of hydrogen-bond donors (Lipinski definition) is 2. The third kappa shape index (κ3) is 4.15. The molecule has 1 aliphatic carbocycles. The van der Waals surface area contributed by atoms with Gasteiger partial charge in [-0.1, -0.05) is 42.5 Å². The number of ether oxygens (including phenoxy) is 2. The number of methoxy groups -OCH3 is 1. The van der Waals surface area contributed by atoms with E-state index in [1.54, 1.807) is 7.11 Å². The first-order chi connectivity index (χ1) is 11.8. The van der Waals surface area contributed by atoms with Gasteiger partial charge in [0.05, 0.1) is 32.0 Å². The molecule has 2 aromatic carbocycles. The van der Waals surface area contributed by atoms with E-state index in [-0.39, 0.29) is 18.2 Å². The highest BCUT2D eigenvalue weighted by Crippen LogP contribution is 2.43. The minimum atomic E-state index is -0.239. The minimum Gasteiger partial charge on any atom is -0.497 e. The van der Waals surface area contributed by atoms with Gasteiger partial charge in [0.15, 0.2) is 0 Å². The van der Waals surface area contributed by atoms with Crippen LogP contribution in [0.5, 0.6) is 5.75 Å². The SMILES string of the molecule is COc1ccc(CNC(CO)C2(OCc3ccccc3)CC2)cc1. The molecule has 1 atom stereocenters. The fraction of sp³-hybridized carbons (Fsp3) is 0.400. The Bertz CT molecular complexity index is 623. The van der Waals surface area contributed by atoms with Crippen molar-refractivity contribution in [1.82, 2.24) is 5.32 Å². The molecule has 128 valence electrons. The highest BCUT2D eigenvalue weighted by molar-refractivity contribution is 5.27. The maximum Gasteiger partial charge on any atom is 0.118 e. The zero-order valence-electron chi connectivity index (χ0n) is 14.1. The van der Waals surface area contributed by atoms with Gasteiger partial charge in [0.25, 0.3) is 0 Å². The zero-order valence-corrected chi connectivity index (χ0v) is 14.1. The summed E-state index contributed by atoms with van der Waals surface area (Å²) in [7, 11) is 1.66. The molecule has 0 heterocycles. The van der Waals surface area contributed by atoms with Crippen molar-refractivity contribution in [2.45, 2.75) is 37.6 Å². The lowest BCUT2D eigenvalue weighted by atomic mass is 10.1. The summed E-state index contributed by atoms with van der Waals surface area (Å²) in [6, 6.07) is 18.1. The molecule has 0 radical (unpaired) electrons. The van der Waals surface area contributed by atoms with E-state index in [0.29, 0.717) is 13.2 Å². The van der Waals surface area contributed by atoms with Gasteiger partial charge in [-0.25, -0.2) is 0 Å². The quantitative estimate of drug-likeness (QED) is 0.743. The van der Waals surface area contributed by atoms with Crippen molar-refractivity contribution in [1.29, 1.82) is 0 Å². The van der Waals surface area contributed by atoms with Crippen LogP contribution in [0.2, 0.25) is 0 Å². The summed E-state index contributed by atoms with van der Waals surface area (Å²) in [6.45, 7) is 1.36. The molecule has 0 aromatic heterocycles. The van der Waals surface area contributed by atoms with Crippen molar-refractivity contribution in [3.05, 3.63) is 65.7 Å². The molecule has 1 aliphatic rings. The van der Waals surface area contributed by atoms with Gasteiger partial charge in [0.1, 0.15) is 5.75 Å². The Morgan fingerprint density at radius 1 is 1.04 bits per heavy atom. The highest BCUT2D eigenvalue weighted by atomic mass is 16.5. The summed E-state index contributed by atoms with van der Waals surface area (Å²) in [4.78, 5) is 0. The van der Waals surface area contributed by atoms with Crippen molar-refractivity contribution >= 4 is 0 Å². The Hall–Kier alpha value is -1.88. The lowest BCUT2D eigenvalue weighted by Gasteiger charge is -2.27. The Morgan fingerprint density at radius 3 is 2.33 bits per heavy atom. The predicted octanol–water partition coefficient (Wildman–Crippen LogP) is 2.90. The maximum atomic E-state index is 9.80. The van der Waals surface area contributed by atoms with Gasteiger partial charge < -0.3 is 19.9 Å². The Morgan fingerprint density at radius 2 is 1.75 bits per heavy atom. The van der Waals surface area contributed by atoms with Crippen LogP contribution < -0.4 is 10.1 Å². The summed E-state index contributed by atoms with van der Waals surface area (Å²) in [6.07, 6.45) is 1.97. The van der Waals surface area contributed by atoms with E-state index < -0.39 is 0 Å². The summed E-state index contributed by atoms with van der Waals surface area (Å²) in [5.74, 6) is 0.849. The molecular weight excluding hydrogens is 302 g/mol. The number of benzene rings is 2. The van der Waals surface area contributed by atoms with Crippen molar-refractivity contribution in [2.24, 2.45) is 0 Å². The fourth-order valence-corrected chi connectivity index (χ4v) is 2.92. The van der Waals surface area contributed by atoms with Crippen molar-refractivity contribution in [3.8, 4) is 5.75 Å². The lowest BCUT2D eigenvalue weighted by molar-refractivity contribution is -0.0206. The van der Waals surface area contributed by atoms with Gasteiger partial charge in [-0.05, 0) is 36.1 Å². The molecule has 0 saturated heterocycles. The van der Waals surface area contributed by atoms with Crippen molar-refractivity contribution in [3.63, 3.8) is 0 Å². The molecule has 3 rings (SSSR count). The molecule has 4 heteroatoms. The van der Waals surface area contributed by atoms with E-state index in [0.717, 1.165) is 29.7 Å². The first kappa shape index (κ1) is 17.0. The number of aliphatic hydroxyl groups excluding tert-OH is 1. The van der Waals surface area contributed by atoms with Gasteiger partial charge in [0.2, 0.25) is 0 Å². The van der Waals surface area contributed by atoms with E-state index in [1.807, 2.05) is 42.5 Å². The maximum absolute atomic E-state index is 9.80. The van der Waals surface area contributed by atoms with E-state index in [2.05, 4.69) is 17.4 Å². The number of hydrogen-bond acceptors (Lipinski definition) is 4. The average molecular weight is 327 g/mol. The predicted molar refractivity (Wildman–Crippen MR) is 93.9 cm³/mol. The van der Waals surface area contributed by atoms with Crippen LogP contribution in [-0.4, -0.2) is 30.5 Å². The molecule has 1 unspecified atom stereocenters. The Labute approximate surface area is 143 Å². The number of nitrogens with one attached hydrogen (secondary N) is 1. The minimum absolute atomic E-state index is 0.0525. The largest absolute Gasteiger partial charge is 0.497 e. The monoisotopic (exact) mass is 327 g/mol. The number of rotatable bonds is 9. The second-order valence-corrected chi connectivity index (χ2v) is 6.30. The molecule has 0 amide bonds. The molecule has 0 spiro atoms. The first-order valence-electron chi connectivity index (χ1n) is 8.41. The van der Waals surface area contributed by atoms with Crippen LogP contribution in [0, 0.1) is 0 Å². The first-order valence-corrected chi connectivity index (χ1v) is 8.41. The molecule has 4 nitrogen and oxygen atoms in total. The Kier molecular flexibility index (Phi) is 5.51. The van der Waals surface area contributed by atoms with Crippen molar-refractivity contribution < 1.29 is 14.6 Å². The standard InChI is InChI=1S/C20H25NO3/c1-23-18-9-7-16(8-10-18)13-21-19(14-22)20(11-12-20)24-15-17-5-3-2-4-6-17/h2-10,19,21-22H,11-15H2,1H3. The third-order valence-electron chi connectivity index (χ3n) is 4.64. The van der Waals surface area contributed by atoms with Gasteiger partial charge in [-0.2, -0.15) is 0 Å². The van der Waals surface area contributed by atoms with Crippen LogP contribution in [-0.2, 0) is 17.9 Å². The van der Waals surface area contributed by atoms with Crippen molar-refractivity contribution in [2.75, 3.05) is 13.7 Å². The van der Waals surface area contributed by atoms with E-state index >= 15 is 0 Å². The van der Waals surface area contributed by atoms with Crippen LogP contribution >= 0.6 is 0 Å². The second kappa shape index (κ2) is 7.79. The number of aliphatic hydroxyl groups is 1. The second-order valence-electron chi connectivity index (χ2n) is 6.30.